The zero-order valence-electron chi connectivity index (χ0n) is 16.7. The number of aryl methyl sites for hydroxylation is 1. The maximum atomic E-state index is 12.8. The molecular weight excluding hydrogens is 372 g/mol. The zero-order valence-corrected chi connectivity index (χ0v) is 16.7. The van der Waals surface area contributed by atoms with Crippen molar-refractivity contribution < 1.29 is 23.6 Å². The molecule has 3 N–H and O–H groups in total. The van der Waals surface area contributed by atoms with Crippen molar-refractivity contribution in [3.05, 3.63) is 59.4 Å². The van der Waals surface area contributed by atoms with E-state index < -0.39 is 12.0 Å². The first-order chi connectivity index (χ1) is 14.1. The lowest BCUT2D eigenvalue weighted by Gasteiger charge is -2.30. The van der Waals surface area contributed by atoms with Crippen molar-refractivity contribution in [2.75, 3.05) is 19.7 Å². The molecule has 2 aromatic heterocycles. The van der Waals surface area contributed by atoms with Gasteiger partial charge in [-0.25, -0.2) is 9.59 Å². The Morgan fingerprint density at radius 2 is 2.24 bits per heavy atom. The van der Waals surface area contributed by atoms with Gasteiger partial charge in [0.05, 0.1) is 36.4 Å². The second-order valence-electron chi connectivity index (χ2n) is 7.48. The number of carbonyl (C=O) groups excluding carboxylic acids is 2. The summed E-state index contributed by atoms with van der Waals surface area (Å²) in [7, 11) is 2.05. The van der Waals surface area contributed by atoms with Gasteiger partial charge in [0, 0.05) is 26.1 Å². The average molecular weight is 399 g/mol. The number of nitrogens with zero attached hydrogens (tertiary/aromatic N) is 1. The number of quaternary nitrogens is 1. The third kappa shape index (κ3) is 3.80. The smallest absolute Gasteiger partial charge is 0.338 e. The molecule has 2 aromatic rings. The van der Waals surface area contributed by atoms with E-state index in [0.717, 1.165) is 19.4 Å². The van der Waals surface area contributed by atoms with Gasteiger partial charge in [-0.15, -0.1) is 0 Å². The Bertz CT molecular complexity index is 915. The first-order valence-electron chi connectivity index (χ1n) is 10.0. The molecule has 4 rings (SSSR count). The van der Waals surface area contributed by atoms with Crippen LogP contribution in [0.2, 0.25) is 0 Å². The van der Waals surface area contributed by atoms with Crippen LogP contribution in [0.1, 0.15) is 43.3 Å². The third-order valence-corrected chi connectivity index (χ3v) is 5.70. The highest BCUT2D eigenvalue weighted by molar-refractivity contribution is 5.95. The van der Waals surface area contributed by atoms with E-state index in [2.05, 4.69) is 21.3 Å². The molecule has 1 saturated heterocycles. The molecule has 154 valence electrons. The van der Waals surface area contributed by atoms with E-state index in [-0.39, 0.29) is 12.6 Å². The van der Waals surface area contributed by atoms with Crippen LogP contribution in [-0.4, -0.2) is 36.3 Å². The zero-order chi connectivity index (χ0) is 20.4. The molecule has 0 radical (unpaired) electrons. The van der Waals surface area contributed by atoms with E-state index in [1.165, 1.54) is 16.9 Å². The number of carbonyl (C=O) groups is 2. The monoisotopic (exact) mass is 399 g/mol. The van der Waals surface area contributed by atoms with Gasteiger partial charge >= 0.3 is 12.0 Å². The molecule has 0 spiro atoms. The maximum absolute atomic E-state index is 12.8. The number of aromatic nitrogens is 1. The first-order valence-corrected chi connectivity index (χ1v) is 10.0. The van der Waals surface area contributed by atoms with Crippen LogP contribution < -0.4 is 15.5 Å². The van der Waals surface area contributed by atoms with E-state index in [0.29, 0.717) is 29.6 Å². The van der Waals surface area contributed by atoms with Crippen molar-refractivity contribution in [2.24, 2.45) is 7.05 Å². The minimum atomic E-state index is -0.664. The van der Waals surface area contributed by atoms with Crippen molar-refractivity contribution in [1.82, 2.24) is 15.2 Å². The van der Waals surface area contributed by atoms with Crippen LogP contribution in [0.5, 0.6) is 0 Å². The molecule has 2 aliphatic rings. The van der Waals surface area contributed by atoms with E-state index in [9.17, 15) is 9.59 Å². The molecule has 2 aliphatic heterocycles. The Hall–Kier alpha value is -3.00. The summed E-state index contributed by atoms with van der Waals surface area (Å²) in [6, 6.07) is 6.99. The number of urea groups is 1. The number of hydrogen-bond donors (Lipinski definition) is 3. The minimum Gasteiger partial charge on any atom is -0.467 e. The number of amides is 2. The number of nitrogens with one attached hydrogen (secondary N) is 3. The second-order valence-corrected chi connectivity index (χ2v) is 7.48. The van der Waals surface area contributed by atoms with Crippen molar-refractivity contribution in [3.63, 3.8) is 0 Å². The molecule has 8 nitrogen and oxygen atoms in total. The summed E-state index contributed by atoms with van der Waals surface area (Å²) in [5.74, 6) is 0.0706. The average Bonchev–Trinajstić information content (AvgIpc) is 3.43. The van der Waals surface area contributed by atoms with Gasteiger partial charge in [-0.2, -0.15) is 0 Å². The van der Waals surface area contributed by atoms with Gasteiger partial charge in [-0.1, -0.05) is 0 Å². The topological polar surface area (TPSA) is 89.9 Å². The van der Waals surface area contributed by atoms with Crippen LogP contribution in [0.15, 0.2) is 52.4 Å². The fourth-order valence-electron chi connectivity index (χ4n) is 4.42. The normalized spacial score (nSPS) is 24.3. The SMILES string of the molecule is CCOC(=O)C1=C(C[NH+]2CCC[C@@H]2c2cccn2C)NC(=O)N[C@@H]1c1ccco1. The van der Waals surface area contributed by atoms with Gasteiger partial charge in [-0.3, -0.25) is 0 Å². The van der Waals surface area contributed by atoms with Crippen LogP contribution in [0.3, 0.4) is 0 Å². The second kappa shape index (κ2) is 8.16. The molecule has 0 saturated carbocycles. The van der Waals surface area contributed by atoms with Gasteiger partial charge in [0.2, 0.25) is 0 Å². The fraction of sp³-hybridized carbons (Fsp3) is 0.429. The Kier molecular flexibility index (Phi) is 5.44. The number of ether oxygens (including phenoxy) is 1. The van der Waals surface area contributed by atoms with Crippen LogP contribution in [0.4, 0.5) is 4.79 Å². The standard InChI is InChI=1S/C21H26N4O4/c1-3-28-20(26)18-14(22-21(27)23-19(18)17-9-6-12-29-17)13-25-11-5-8-16(25)15-7-4-10-24(15)2/h4,6-7,9-10,12,16,19H,3,5,8,11,13H2,1-2H3,(H2,22,23,27)/p+1/t16-,19-/m1/s1. The number of likely N-dealkylation sites (tertiary alicyclic amines) is 1. The van der Waals surface area contributed by atoms with Crippen molar-refractivity contribution >= 4 is 12.0 Å². The lowest BCUT2D eigenvalue weighted by molar-refractivity contribution is -0.914. The summed E-state index contributed by atoms with van der Waals surface area (Å²) in [5, 5.41) is 5.66. The predicted molar refractivity (Wildman–Crippen MR) is 105 cm³/mol. The van der Waals surface area contributed by atoms with Crippen LogP contribution in [-0.2, 0) is 16.6 Å². The van der Waals surface area contributed by atoms with Gasteiger partial charge in [-0.05, 0) is 31.2 Å². The lowest BCUT2D eigenvalue weighted by atomic mass is 9.99. The number of furan rings is 1. The van der Waals surface area contributed by atoms with Crippen molar-refractivity contribution in [1.29, 1.82) is 0 Å². The summed E-state index contributed by atoms with van der Waals surface area (Å²) in [5.41, 5.74) is 2.27. The van der Waals surface area contributed by atoms with Crippen LogP contribution in [0, 0.1) is 0 Å². The lowest BCUT2D eigenvalue weighted by Crippen LogP contribution is -3.10. The molecule has 0 aliphatic carbocycles. The molecule has 1 fully saturated rings. The summed E-state index contributed by atoms with van der Waals surface area (Å²) < 4.78 is 13.0. The van der Waals surface area contributed by atoms with Crippen LogP contribution >= 0.6 is 0 Å². The molecule has 0 aromatic carbocycles. The van der Waals surface area contributed by atoms with Crippen molar-refractivity contribution in [3.8, 4) is 0 Å². The van der Waals surface area contributed by atoms with E-state index in [4.69, 9.17) is 9.15 Å². The predicted octanol–water partition coefficient (Wildman–Crippen LogP) is 1.21. The maximum Gasteiger partial charge on any atom is 0.338 e. The van der Waals surface area contributed by atoms with Gasteiger partial charge in [0.1, 0.15) is 24.4 Å². The Balaban J connectivity index is 1.69. The highest BCUT2D eigenvalue weighted by Gasteiger charge is 2.39. The Labute approximate surface area is 169 Å². The molecule has 4 heterocycles. The molecule has 1 unspecified atom stereocenters. The molecule has 29 heavy (non-hydrogen) atoms. The molecular formula is C21H27N4O4+. The fourth-order valence-corrected chi connectivity index (χ4v) is 4.42. The summed E-state index contributed by atoms with van der Waals surface area (Å²) in [6.45, 7) is 3.54. The quantitative estimate of drug-likeness (QED) is 0.637. The highest BCUT2D eigenvalue weighted by atomic mass is 16.5. The van der Waals surface area contributed by atoms with E-state index in [1.807, 2.05) is 19.3 Å². The number of esters is 1. The van der Waals surface area contributed by atoms with Gasteiger partial charge < -0.3 is 29.3 Å². The first kappa shape index (κ1) is 19.3. The molecule has 8 heteroatoms. The Morgan fingerprint density at radius 1 is 1.38 bits per heavy atom. The molecule has 3 atom stereocenters. The summed E-state index contributed by atoms with van der Waals surface area (Å²) >= 11 is 0. The van der Waals surface area contributed by atoms with Gasteiger partial charge in [0.25, 0.3) is 0 Å². The minimum absolute atomic E-state index is 0.261. The molecule has 0 bridgehead atoms. The van der Waals surface area contributed by atoms with Crippen LogP contribution in [0.25, 0.3) is 0 Å². The van der Waals surface area contributed by atoms with Crippen molar-refractivity contribution in [2.45, 2.75) is 31.8 Å². The van der Waals surface area contributed by atoms with Gasteiger partial charge in [0.15, 0.2) is 0 Å². The summed E-state index contributed by atoms with van der Waals surface area (Å²) in [6.07, 6.45) is 5.75. The Morgan fingerprint density at radius 3 is 2.93 bits per heavy atom. The largest absolute Gasteiger partial charge is 0.467 e. The summed E-state index contributed by atoms with van der Waals surface area (Å²) in [4.78, 5) is 26.5. The highest BCUT2D eigenvalue weighted by Crippen LogP contribution is 2.28. The third-order valence-electron chi connectivity index (χ3n) is 5.70. The number of hydrogen-bond acceptors (Lipinski definition) is 4. The number of rotatable bonds is 6. The van der Waals surface area contributed by atoms with E-state index in [1.54, 1.807) is 19.1 Å². The molecule has 2 amide bonds. The van der Waals surface area contributed by atoms with E-state index >= 15 is 0 Å².